The van der Waals surface area contributed by atoms with Crippen LogP contribution >= 0.6 is 11.3 Å². The van der Waals surface area contributed by atoms with Crippen molar-refractivity contribution < 1.29 is 9.53 Å². The highest BCUT2D eigenvalue weighted by Gasteiger charge is 2.12. The second kappa shape index (κ2) is 4.06. The molecule has 3 nitrogen and oxygen atoms in total. The van der Waals surface area contributed by atoms with Crippen LogP contribution in [0, 0.1) is 6.92 Å². The molecule has 0 aliphatic carbocycles. The van der Waals surface area contributed by atoms with E-state index in [1.165, 1.54) is 24.5 Å². The average molecular weight is 234 g/mol. The number of carbonyl (C=O) groups excluding carboxylic acids is 1. The summed E-state index contributed by atoms with van der Waals surface area (Å²) in [6.07, 6.45) is 0. The lowest BCUT2D eigenvalue weighted by Gasteiger charge is -2.05. The largest absolute Gasteiger partial charge is 0.465 e. The standard InChI is InChI=1S/C12H10O3S/c1-7-8(12(14)15-2)3-4-9-10(13)5-6-16-11(7)9/h3-6H,1-2H3. The minimum absolute atomic E-state index is 0.0201. The Kier molecular flexibility index (Phi) is 2.75. The molecule has 0 spiro atoms. The Balaban J connectivity index is 2.80. The molecule has 1 aromatic heterocycles. The molecule has 4 heteroatoms. The SMILES string of the molecule is COC(=O)c1ccc2c(=O)ccsc2c1C. The number of rotatable bonds is 1. The molecule has 0 saturated heterocycles. The lowest BCUT2D eigenvalue weighted by atomic mass is 10.1. The molecule has 0 aliphatic heterocycles. The lowest BCUT2D eigenvalue weighted by molar-refractivity contribution is 0.0600. The summed E-state index contributed by atoms with van der Waals surface area (Å²) in [7, 11) is 1.35. The molecule has 1 aromatic carbocycles. The second-order valence-corrected chi connectivity index (χ2v) is 4.31. The van der Waals surface area contributed by atoms with Crippen molar-refractivity contribution in [3.63, 3.8) is 0 Å². The Hall–Kier alpha value is -1.68. The summed E-state index contributed by atoms with van der Waals surface area (Å²) in [5.74, 6) is -0.372. The molecule has 16 heavy (non-hydrogen) atoms. The maximum absolute atomic E-state index is 11.6. The van der Waals surface area contributed by atoms with Crippen LogP contribution in [0.2, 0.25) is 0 Å². The van der Waals surface area contributed by atoms with Gasteiger partial charge in [-0.25, -0.2) is 4.79 Å². The minimum Gasteiger partial charge on any atom is -0.465 e. The molecule has 0 bridgehead atoms. The number of ether oxygens (including phenoxy) is 1. The van der Waals surface area contributed by atoms with Crippen molar-refractivity contribution in [1.29, 1.82) is 0 Å². The van der Waals surface area contributed by atoms with E-state index in [2.05, 4.69) is 4.74 Å². The number of hydrogen-bond donors (Lipinski definition) is 0. The summed E-state index contributed by atoms with van der Waals surface area (Å²) in [5.41, 5.74) is 1.29. The maximum atomic E-state index is 11.6. The number of hydrogen-bond acceptors (Lipinski definition) is 4. The first-order valence-corrected chi connectivity index (χ1v) is 5.62. The van der Waals surface area contributed by atoms with Crippen molar-refractivity contribution >= 4 is 27.4 Å². The van der Waals surface area contributed by atoms with E-state index >= 15 is 0 Å². The van der Waals surface area contributed by atoms with Gasteiger partial charge >= 0.3 is 5.97 Å². The zero-order valence-corrected chi connectivity index (χ0v) is 9.76. The molecule has 0 atom stereocenters. The van der Waals surface area contributed by atoms with Crippen LogP contribution in [-0.4, -0.2) is 13.1 Å². The predicted molar refractivity (Wildman–Crippen MR) is 64.2 cm³/mol. The Labute approximate surface area is 96.3 Å². The van der Waals surface area contributed by atoms with E-state index in [0.717, 1.165) is 10.3 Å². The lowest BCUT2D eigenvalue weighted by Crippen LogP contribution is -2.06. The van der Waals surface area contributed by atoms with Gasteiger partial charge in [0.1, 0.15) is 0 Å². The molecule has 0 fully saturated rings. The first-order chi connectivity index (χ1) is 7.65. The van der Waals surface area contributed by atoms with Crippen molar-refractivity contribution in [2.45, 2.75) is 6.92 Å². The van der Waals surface area contributed by atoms with Gasteiger partial charge in [0.25, 0.3) is 0 Å². The Bertz CT molecular complexity index is 613. The van der Waals surface area contributed by atoms with Crippen molar-refractivity contribution in [2.75, 3.05) is 7.11 Å². The number of benzene rings is 1. The zero-order chi connectivity index (χ0) is 11.7. The van der Waals surface area contributed by atoms with Crippen LogP contribution in [0.15, 0.2) is 28.4 Å². The highest BCUT2D eigenvalue weighted by Crippen LogP contribution is 2.23. The van der Waals surface area contributed by atoms with Gasteiger partial charge < -0.3 is 4.74 Å². The van der Waals surface area contributed by atoms with Gasteiger partial charge in [-0.05, 0) is 36.1 Å². The average Bonchev–Trinajstić information content (AvgIpc) is 2.30. The van der Waals surface area contributed by atoms with Gasteiger partial charge in [-0.2, -0.15) is 0 Å². The van der Waals surface area contributed by atoms with Crippen molar-refractivity contribution in [2.24, 2.45) is 0 Å². The summed E-state index contributed by atoms with van der Waals surface area (Å²) in [4.78, 5) is 23.0. The van der Waals surface area contributed by atoms with Crippen LogP contribution in [0.1, 0.15) is 15.9 Å². The molecule has 1 heterocycles. The van der Waals surface area contributed by atoms with Crippen LogP contribution in [0.25, 0.3) is 10.1 Å². The van der Waals surface area contributed by atoms with Gasteiger partial charge in [-0.3, -0.25) is 4.79 Å². The molecule has 2 rings (SSSR count). The van der Waals surface area contributed by atoms with Crippen molar-refractivity contribution in [3.8, 4) is 0 Å². The third-order valence-corrected chi connectivity index (χ3v) is 3.52. The van der Waals surface area contributed by atoms with E-state index in [4.69, 9.17) is 0 Å². The van der Waals surface area contributed by atoms with E-state index in [9.17, 15) is 9.59 Å². The van der Waals surface area contributed by atoms with Crippen LogP contribution in [0.4, 0.5) is 0 Å². The van der Waals surface area contributed by atoms with Gasteiger partial charge in [-0.1, -0.05) is 0 Å². The molecule has 0 unspecified atom stereocenters. The smallest absolute Gasteiger partial charge is 0.338 e. The molecule has 2 aromatic rings. The highest BCUT2D eigenvalue weighted by molar-refractivity contribution is 7.16. The van der Waals surface area contributed by atoms with E-state index in [1.807, 2.05) is 6.92 Å². The van der Waals surface area contributed by atoms with Crippen LogP contribution in [0.3, 0.4) is 0 Å². The fourth-order valence-corrected chi connectivity index (χ4v) is 2.53. The molecule has 0 aliphatic rings. The Morgan fingerprint density at radius 2 is 2.06 bits per heavy atom. The number of esters is 1. The van der Waals surface area contributed by atoms with Gasteiger partial charge in [0, 0.05) is 10.1 Å². The van der Waals surface area contributed by atoms with Crippen LogP contribution < -0.4 is 5.43 Å². The first kappa shape index (κ1) is 10.8. The van der Waals surface area contributed by atoms with Crippen LogP contribution in [-0.2, 0) is 4.74 Å². The fraction of sp³-hybridized carbons (Fsp3) is 0.167. The highest BCUT2D eigenvalue weighted by atomic mass is 32.1. The number of methoxy groups -OCH3 is 1. The van der Waals surface area contributed by atoms with E-state index in [0.29, 0.717) is 10.9 Å². The third-order valence-electron chi connectivity index (χ3n) is 2.48. The zero-order valence-electron chi connectivity index (χ0n) is 8.94. The Morgan fingerprint density at radius 1 is 1.31 bits per heavy atom. The van der Waals surface area contributed by atoms with Gasteiger partial charge in [0.05, 0.1) is 12.7 Å². The quantitative estimate of drug-likeness (QED) is 0.711. The normalized spacial score (nSPS) is 10.4. The summed E-state index contributed by atoms with van der Waals surface area (Å²) in [6.45, 7) is 1.82. The summed E-state index contributed by atoms with van der Waals surface area (Å²) in [5, 5.41) is 2.39. The Morgan fingerprint density at radius 3 is 2.75 bits per heavy atom. The predicted octanol–water partition coefficient (Wildman–Crippen LogP) is 2.36. The van der Waals surface area contributed by atoms with E-state index in [-0.39, 0.29) is 11.4 Å². The summed E-state index contributed by atoms with van der Waals surface area (Å²) in [6, 6.07) is 4.84. The summed E-state index contributed by atoms with van der Waals surface area (Å²) >= 11 is 1.45. The number of carbonyl (C=O) groups is 1. The summed E-state index contributed by atoms with van der Waals surface area (Å²) < 4.78 is 5.53. The fourth-order valence-electron chi connectivity index (χ4n) is 1.62. The number of aryl methyl sites for hydroxylation is 1. The van der Waals surface area contributed by atoms with E-state index in [1.54, 1.807) is 17.5 Å². The maximum Gasteiger partial charge on any atom is 0.338 e. The van der Waals surface area contributed by atoms with Gasteiger partial charge in [0.2, 0.25) is 0 Å². The second-order valence-electron chi connectivity index (χ2n) is 3.39. The van der Waals surface area contributed by atoms with Crippen molar-refractivity contribution in [1.82, 2.24) is 0 Å². The van der Waals surface area contributed by atoms with Crippen LogP contribution in [0.5, 0.6) is 0 Å². The molecule has 0 amide bonds. The topological polar surface area (TPSA) is 43.4 Å². The van der Waals surface area contributed by atoms with Gasteiger partial charge in [0.15, 0.2) is 5.43 Å². The van der Waals surface area contributed by atoms with E-state index < -0.39 is 0 Å². The molecule has 0 radical (unpaired) electrons. The molecule has 0 saturated carbocycles. The van der Waals surface area contributed by atoms with Crippen molar-refractivity contribution in [3.05, 3.63) is 44.9 Å². The molecule has 0 N–H and O–H groups in total. The molecule has 82 valence electrons. The first-order valence-electron chi connectivity index (χ1n) is 4.74. The molecular weight excluding hydrogens is 224 g/mol. The monoisotopic (exact) mass is 234 g/mol. The van der Waals surface area contributed by atoms with Gasteiger partial charge in [-0.15, -0.1) is 11.3 Å². The minimum atomic E-state index is -0.372. The third kappa shape index (κ3) is 1.61. The molecular formula is C12H10O3S. The number of fused-ring (bicyclic) bond motifs is 1.